The lowest BCUT2D eigenvalue weighted by atomic mass is 10.00. The van der Waals surface area contributed by atoms with Crippen LogP contribution in [0.4, 0.5) is 10.5 Å². The Morgan fingerprint density at radius 2 is 1.94 bits per heavy atom. The number of likely N-dealkylation sites (tertiary alicyclic amines) is 1. The topological polar surface area (TPSA) is 58.6 Å². The summed E-state index contributed by atoms with van der Waals surface area (Å²) in [5, 5.41) is 2.80. The molecular formula is C12H14N2O3. The Kier molecular flexibility index (Phi) is 3.27. The third kappa shape index (κ3) is 2.55. The number of anilines is 1. The van der Waals surface area contributed by atoms with Crippen LogP contribution >= 0.6 is 0 Å². The van der Waals surface area contributed by atoms with Crippen LogP contribution in [0.1, 0.15) is 0 Å². The van der Waals surface area contributed by atoms with Crippen molar-refractivity contribution in [2.24, 2.45) is 5.92 Å². The van der Waals surface area contributed by atoms with Crippen molar-refractivity contribution in [2.45, 2.75) is 0 Å². The molecule has 0 spiro atoms. The van der Waals surface area contributed by atoms with Gasteiger partial charge in [-0.3, -0.25) is 4.79 Å². The molecule has 0 aliphatic carbocycles. The van der Waals surface area contributed by atoms with Gasteiger partial charge in [-0.2, -0.15) is 0 Å². The summed E-state index contributed by atoms with van der Waals surface area (Å²) in [6.45, 7) is 0.844. The van der Waals surface area contributed by atoms with Gasteiger partial charge in [0.2, 0.25) is 5.91 Å². The van der Waals surface area contributed by atoms with Crippen molar-refractivity contribution >= 4 is 17.7 Å². The molecule has 1 N–H and O–H groups in total. The first-order valence-electron chi connectivity index (χ1n) is 5.39. The van der Waals surface area contributed by atoms with E-state index in [1.165, 1.54) is 12.0 Å². The fraction of sp³-hybridized carbons (Fsp3) is 0.333. The third-order valence-corrected chi connectivity index (χ3v) is 2.73. The molecule has 0 aromatic heterocycles. The SMILES string of the molecule is COC(=O)N1CC(C(=O)Nc2ccccc2)C1. The van der Waals surface area contributed by atoms with E-state index in [2.05, 4.69) is 10.1 Å². The number of carbonyl (C=O) groups is 2. The predicted octanol–water partition coefficient (Wildman–Crippen LogP) is 1.32. The van der Waals surface area contributed by atoms with Gasteiger partial charge in [0, 0.05) is 18.8 Å². The normalized spacial score (nSPS) is 15.0. The standard InChI is InChI=1S/C12H14N2O3/c1-17-12(16)14-7-9(8-14)11(15)13-10-5-3-2-4-6-10/h2-6,9H,7-8H2,1H3,(H,13,15). The first-order chi connectivity index (χ1) is 8.20. The summed E-state index contributed by atoms with van der Waals surface area (Å²) in [6.07, 6.45) is -0.381. The van der Waals surface area contributed by atoms with E-state index in [1.54, 1.807) is 0 Å². The minimum Gasteiger partial charge on any atom is -0.453 e. The molecule has 1 aromatic carbocycles. The summed E-state index contributed by atoms with van der Waals surface area (Å²) in [4.78, 5) is 24.3. The number of nitrogens with zero attached hydrogens (tertiary/aromatic N) is 1. The van der Waals surface area contributed by atoms with Crippen molar-refractivity contribution in [1.82, 2.24) is 4.90 Å². The average molecular weight is 234 g/mol. The molecule has 1 fully saturated rings. The maximum Gasteiger partial charge on any atom is 0.409 e. The zero-order chi connectivity index (χ0) is 12.3. The molecule has 5 nitrogen and oxygen atoms in total. The maximum atomic E-state index is 11.8. The molecule has 0 radical (unpaired) electrons. The molecular weight excluding hydrogens is 220 g/mol. The van der Waals surface area contributed by atoms with Crippen LogP contribution in [0, 0.1) is 5.92 Å². The lowest BCUT2D eigenvalue weighted by Gasteiger charge is -2.36. The minimum atomic E-state index is -0.381. The van der Waals surface area contributed by atoms with Crippen molar-refractivity contribution in [1.29, 1.82) is 0 Å². The van der Waals surface area contributed by atoms with Crippen LogP contribution in [0.5, 0.6) is 0 Å². The highest BCUT2D eigenvalue weighted by Gasteiger charge is 2.36. The molecule has 5 heteroatoms. The molecule has 90 valence electrons. The van der Waals surface area contributed by atoms with E-state index in [-0.39, 0.29) is 17.9 Å². The van der Waals surface area contributed by atoms with E-state index in [0.717, 1.165) is 5.69 Å². The van der Waals surface area contributed by atoms with Crippen LogP contribution in [-0.2, 0) is 9.53 Å². The zero-order valence-corrected chi connectivity index (χ0v) is 9.55. The second-order valence-electron chi connectivity index (χ2n) is 3.93. The summed E-state index contributed by atoms with van der Waals surface area (Å²) in [5.74, 6) is -0.203. The molecule has 1 heterocycles. The Bertz CT molecular complexity index is 413. The first-order valence-corrected chi connectivity index (χ1v) is 5.39. The number of benzene rings is 1. The van der Waals surface area contributed by atoms with Gasteiger partial charge in [0.15, 0.2) is 0 Å². The molecule has 0 bridgehead atoms. The Morgan fingerprint density at radius 1 is 1.29 bits per heavy atom. The highest BCUT2D eigenvalue weighted by Crippen LogP contribution is 2.18. The second-order valence-corrected chi connectivity index (χ2v) is 3.93. The van der Waals surface area contributed by atoms with Crippen LogP contribution < -0.4 is 5.32 Å². The molecule has 2 amide bonds. The van der Waals surface area contributed by atoms with Crippen LogP contribution in [-0.4, -0.2) is 37.1 Å². The van der Waals surface area contributed by atoms with E-state index in [9.17, 15) is 9.59 Å². The molecule has 1 aromatic rings. The zero-order valence-electron chi connectivity index (χ0n) is 9.55. The van der Waals surface area contributed by atoms with Gasteiger partial charge in [-0.25, -0.2) is 4.79 Å². The number of rotatable bonds is 2. The lowest BCUT2D eigenvalue weighted by molar-refractivity contribution is -0.123. The van der Waals surface area contributed by atoms with Gasteiger partial charge in [-0.05, 0) is 12.1 Å². The molecule has 1 aliphatic rings. The minimum absolute atomic E-state index is 0.0589. The summed E-state index contributed by atoms with van der Waals surface area (Å²) in [6, 6.07) is 9.26. The molecule has 2 rings (SSSR count). The van der Waals surface area contributed by atoms with Crippen molar-refractivity contribution in [3.8, 4) is 0 Å². The van der Waals surface area contributed by atoms with Gasteiger partial charge >= 0.3 is 6.09 Å². The number of methoxy groups -OCH3 is 1. The van der Waals surface area contributed by atoms with Gasteiger partial charge in [-0.1, -0.05) is 18.2 Å². The summed E-state index contributed by atoms with van der Waals surface area (Å²) < 4.78 is 4.56. The number of carbonyl (C=O) groups excluding carboxylic acids is 2. The molecule has 1 saturated heterocycles. The number of hydrogen-bond acceptors (Lipinski definition) is 3. The average Bonchev–Trinajstić information content (AvgIpc) is 2.28. The third-order valence-electron chi connectivity index (χ3n) is 2.73. The molecule has 0 atom stereocenters. The van der Waals surface area contributed by atoms with Gasteiger partial charge in [0.1, 0.15) is 0 Å². The molecule has 0 saturated carbocycles. The quantitative estimate of drug-likeness (QED) is 0.839. The number of ether oxygens (including phenoxy) is 1. The van der Waals surface area contributed by atoms with Crippen LogP contribution in [0.2, 0.25) is 0 Å². The maximum absolute atomic E-state index is 11.8. The van der Waals surface area contributed by atoms with Crippen LogP contribution in [0.15, 0.2) is 30.3 Å². The van der Waals surface area contributed by atoms with Crippen LogP contribution in [0.25, 0.3) is 0 Å². The predicted molar refractivity (Wildman–Crippen MR) is 62.5 cm³/mol. The largest absolute Gasteiger partial charge is 0.453 e. The highest BCUT2D eigenvalue weighted by molar-refractivity contribution is 5.94. The van der Waals surface area contributed by atoms with E-state index in [1.807, 2.05) is 30.3 Å². The fourth-order valence-corrected chi connectivity index (χ4v) is 1.69. The molecule has 1 aliphatic heterocycles. The van der Waals surface area contributed by atoms with Crippen molar-refractivity contribution in [3.05, 3.63) is 30.3 Å². The van der Waals surface area contributed by atoms with Gasteiger partial charge in [0.05, 0.1) is 13.0 Å². The van der Waals surface area contributed by atoms with E-state index in [4.69, 9.17) is 0 Å². The smallest absolute Gasteiger partial charge is 0.409 e. The van der Waals surface area contributed by atoms with Gasteiger partial charge in [-0.15, -0.1) is 0 Å². The van der Waals surface area contributed by atoms with Crippen LogP contribution in [0.3, 0.4) is 0 Å². The number of amides is 2. The number of hydrogen-bond donors (Lipinski definition) is 1. The lowest BCUT2D eigenvalue weighted by Crippen LogP contribution is -2.54. The number of para-hydroxylation sites is 1. The Labute approximate surface area is 99.4 Å². The Morgan fingerprint density at radius 3 is 2.53 bits per heavy atom. The Balaban J connectivity index is 1.82. The summed E-state index contributed by atoms with van der Waals surface area (Å²) in [7, 11) is 1.33. The van der Waals surface area contributed by atoms with Crippen molar-refractivity contribution < 1.29 is 14.3 Å². The second kappa shape index (κ2) is 4.86. The van der Waals surface area contributed by atoms with E-state index in [0.29, 0.717) is 13.1 Å². The van der Waals surface area contributed by atoms with Crippen molar-refractivity contribution in [3.63, 3.8) is 0 Å². The fourth-order valence-electron chi connectivity index (χ4n) is 1.69. The highest BCUT2D eigenvalue weighted by atomic mass is 16.5. The number of nitrogens with one attached hydrogen (secondary N) is 1. The monoisotopic (exact) mass is 234 g/mol. The molecule has 0 unspecified atom stereocenters. The first kappa shape index (κ1) is 11.4. The Hall–Kier alpha value is -2.04. The summed E-state index contributed by atoms with van der Waals surface area (Å²) in [5.41, 5.74) is 0.772. The van der Waals surface area contributed by atoms with E-state index >= 15 is 0 Å². The molecule has 17 heavy (non-hydrogen) atoms. The van der Waals surface area contributed by atoms with Crippen molar-refractivity contribution in [2.75, 3.05) is 25.5 Å². The van der Waals surface area contributed by atoms with Gasteiger partial charge in [0.25, 0.3) is 0 Å². The van der Waals surface area contributed by atoms with Gasteiger partial charge < -0.3 is 15.0 Å². The summed E-state index contributed by atoms with van der Waals surface area (Å²) >= 11 is 0. The van der Waals surface area contributed by atoms with E-state index < -0.39 is 0 Å².